The second kappa shape index (κ2) is 21.4. The smallest absolute Gasteiger partial charge is 0.0892 e. The van der Waals surface area contributed by atoms with Gasteiger partial charge < -0.3 is 4.98 Å². The van der Waals surface area contributed by atoms with Gasteiger partial charge in [0, 0.05) is 48.1 Å². The SMILES string of the molecule is [Fe].[c-]1ccccc1-c1ccccn1.c1ccc(-c2ccnc(-c3cc(-c4ccccc4)ccn3)c2)cc1.c1ccc(-c2ccnc(-c3cc(-c4ccccc4)ccn3)c2)cc1. The van der Waals surface area contributed by atoms with Gasteiger partial charge in [-0.1, -0.05) is 133 Å². The van der Waals surface area contributed by atoms with E-state index in [1.807, 2.05) is 164 Å². The molecular formula is C55H40FeN5-. The van der Waals surface area contributed by atoms with E-state index in [9.17, 15) is 0 Å². The molecule has 0 saturated carbocycles. The molecule has 294 valence electrons. The first-order chi connectivity index (χ1) is 29.8. The van der Waals surface area contributed by atoms with Gasteiger partial charge in [-0.25, -0.2) is 0 Å². The zero-order valence-electron chi connectivity index (χ0n) is 33.2. The number of nitrogens with zero attached hydrogens (tertiary/aromatic N) is 5. The van der Waals surface area contributed by atoms with E-state index >= 15 is 0 Å². The maximum Gasteiger partial charge on any atom is 0.0892 e. The summed E-state index contributed by atoms with van der Waals surface area (Å²) in [4.78, 5) is 22.2. The van der Waals surface area contributed by atoms with Gasteiger partial charge in [0.2, 0.25) is 0 Å². The van der Waals surface area contributed by atoms with E-state index in [-0.39, 0.29) is 17.1 Å². The second-order valence-electron chi connectivity index (χ2n) is 13.7. The quantitative estimate of drug-likeness (QED) is 0.118. The van der Waals surface area contributed by atoms with Crippen LogP contribution < -0.4 is 0 Å². The monoisotopic (exact) mass is 826 g/mol. The Morgan fingerprint density at radius 2 is 0.557 bits per heavy atom. The van der Waals surface area contributed by atoms with Crippen LogP contribution >= 0.6 is 0 Å². The number of rotatable bonds is 7. The van der Waals surface area contributed by atoms with Crippen molar-refractivity contribution in [3.05, 3.63) is 249 Å². The minimum Gasteiger partial charge on any atom is -0.305 e. The summed E-state index contributed by atoms with van der Waals surface area (Å²) >= 11 is 0. The van der Waals surface area contributed by atoms with Crippen molar-refractivity contribution in [2.24, 2.45) is 0 Å². The van der Waals surface area contributed by atoms with Crippen LogP contribution in [0, 0.1) is 6.07 Å². The van der Waals surface area contributed by atoms with Crippen molar-refractivity contribution in [1.29, 1.82) is 0 Å². The molecule has 10 rings (SSSR count). The van der Waals surface area contributed by atoms with Crippen molar-refractivity contribution in [3.8, 4) is 78.5 Å². The van der Waals surface area contributed by atoms with Gasteiger partial charge in [-0.05, 0) is 105 Å². The van der Waals surface area contributed by atoms with Crippen molar-refractivity contribution >= 4 is 0 Å². The third-order valence-electron chi connectivity index (χ3n) is 9.64. The van der Waals surface area contributed by atoms with Crippen molar-refractivity contribution in [1.82, 2.24) is 24.9 Å². The van der Waals surface area contributed by atoms with Crippen LogP contribution in [-0.4, -0.2) is 24.9 Å². The molecule has 0 aliphatic rings. The number of benzene rings is 5. The van der Waals surface area contributed by atoms with Crippen molar-refractivity contribution < 1.29 is 17.1 Å². The van der Waals surface area contributed by atoms with Gasteiger partial charge in [0.1, 0.15) is 0 Å². The van der Waals surface area contributed by atoms with Crippen molar-refractivity contribution in [2.45, 2.75) is 0 Å². The Hall–Kier alpha value is -7.63. The van der Waals surface area contributed by atoms with Gasteiger partial charge in [0.25, 0.3) is 0 Å². The third kappa shape index (κ3) is 11.3. The molecule has 0 spiro atoms. The molecule has 0 unspecified atom stereocenters. The maximum atomic E-state index is 4.51. The molecule has 5 nitrogen and oxygen atoms in total. The van der Waals surface area contributed by atoms with E-state index in [1.54, 1.807) is 6.20 Å². The van der Waals surface area contributed by atoms with Crippen LogP contribution in [0.15, 0.2) is 243 Å². The summed E-state index contributed by atoms with van der Waals surface area (Å²) in [5, 5.41) is 0. The summed E-state index contributed by atoms with van der Waals surface area (Å²) in [7, 11) is 0. The van der Waals surface area contributed by atoms with E-state index < -0.39 is 0 Å². The molecule has 5 heterocycles. The number of hydrogen-bond donors (Lipinski definition) is 0. The number of hydrogen-bond acceptors (Lipinski definition) is 5. The first-order valence-electron chi connectivity index (χ1n) is 19.7. The molecule has 61 heavy (non-hydrogen) atoms. The molecule has 0 fully saturated rings. The van der Waals surface area contributed by atoms with Crippen molar-refractivity contribution in [2.75, 3.05) is 0 Å². The largest absolute Gasteiger partial charge is 0.305 e. The fourth-order valence-corrected chi connectivity index (χ4v) is 6.60. The molecule has 0 N–H and O–H groups in total. The molecule has 0 aliphatic carbocycles. The predicted molar refractivity (Wildman–Crippen MR) is 245 cm³/mol. The fourth-order valence-electron chi connectivity index (χ4n) is 6.60. The molecule has 5 aromatic heterocycles. The Bertz CT molecular complexity index is 2480. The minimum absolute atomic E-state index is 0. The van der Waals surface area contributed by atoms with E-state index in [4.69, 9.17) is 0 Å². The van der Waals surface area contributed by atoms with Gasteiger partial charge in [-0.15, -0.1) is 35.9 Å². The minimum atomic E-state index is 0. The van der Waals surface area contributed by atoms with Crippen LogP contribution in [0.1, 0.15) is 0 Å². The normalized spacial score (nSPS) is 10.2. The first kappa shape index (κ1) is 41.5. The Balaban J connectivity index is 0.000000144. The Labute approximate surface area is 368 Å². The van der Waals surface area contributed by atoms with Gasteiger partial charge in [0.05, 0.1) is 22.8 Å². The Kier molecular flexibility index (Phi) is 14.6. The van der Waals surface area contributed by atoms with Crippen LogP contribution in [0.4, 0.5) is 0 Å². The second-order valence-corrected chi connectivity index (χ2v) is 13.7. The zero-order valence-corrected chi connectivity index (χ0v) is 34.3. The van der Waals surface area contributed by atoms with E-state index in [2.05, 4.69) is 104 Å². The predicted octanol–water partition coefficient (Wildman–Crippen LogP) is 13.5. The number of pyridine rings is 5. The third-order valence-corrected chi connectivity index (χ3v) is 9.64. The molecule has 10 aromatic rings. The molecular weight excluding hydrogens is 786 g/mol. The summed E-state index contributed by atoms with van der Waals surface area (Å²) in [5.41, 5.74) is 14.9. The van der Waals surface area contributed by atoms with Crippen molar-refractivity contribution in [3.63, 3.8) is 0 Å². The Morgan fingerprint density at radius 3 is 0.852 bits per heavy atom. The first-order valence-corrected chi connectivity index (χ1v) is 19.7. The fraction of sp³-hybridized carbons (Fsp3) is 0. The summed E-state index contributed by atoms with van der Waals surface area (Å²) in [6.07, 6.45) is 9.16. The topological polar surface area (TPSA) is 64.5 Å². The van der Waals surface area contributed by atoms with E-state index in [0.717, 1.165) is 56.3 Å². The van der Waals surface area contributed by atoms with Gasteiger partial charge in [-0.3, -0.25) is 19.9 Å². The summed E-state index contributed by atoms with van der Waals surface area (Å²) < 4.78 is 0. The summed E-state index contributed by atoms with van der Waals surface area (Å²) in [6.45, 7) is 0. The van der Waals surface area contributed by atoms with Gasteiger partial charge in [-0.2, -0.15) is 0 Å². The Morgan fingerprint density at radius 1 is 0.246 bits per heavy atom. The van der Waals surface area contributed by atoms with Crippen LogP contribution in [0.25, 0.3) is 78.5 Å². The molecule has 0 atom stereocenters. The van der Waals surface area contributed by atoms with Crippen LogP contribution in [-0.2, 0) is 17.1 Å². The van der Waals surface area contributed by atoms with Crippen LogP contribution in [0.3, 0.4) is 0 Å². The van der Waals surface area contributed by atoms with Crippen LogP contribution in [0.2, 0.25) is 0 Å². The molecule has 0 aliphatic heterocycles. The van der Waals surface area contributed by atoms with Gasteiger partial charge in [0.15, 0.2) is 0 Å². The standard InChI is InChI=1S/2C22H16N2.C11H8N.Fe/c2*1-3-7-17(8-4-1)19-11-13-23-21(15-19)22-16-20(12-14-24-22)18-9-5-2-6-10-18;1-2-6-10(7-3-1)11-8-4-5-9-12-11;/h2*1-16H;1-6,8-9H;/q;;-1;. The van der Waals surface area contributed by atoms with E-state index in [0.29, 0.717) is 0 Å². The molecule has 0 bridgehead atoms. The maximum absolute atomic E-state index is 4.51. The zero-order chi connectivity index (χ0) is 40.6. The molecule has 5 aromatic carbocycles. The van der Waals surface area contributed by atoms with Crippen LogP contribution in [0.5, 0.6) is 0 Å². The molecule has 0 saturated heterocycles. The molecule has 6 heteroatoms. The van der Waals surface area contributed by atoms with Gasteiger partial charge >= 0.3 is 0 Å². The average molecular weight is 827 g/mol. The molecule has 0 radical (unpaired) electrons. The average Bonchev–Trinajstić information content (AvgIpc) is 3.36. The summed E-state index contributed by atoms with van der Waals surface area (Å²) in [5.74, 6) is 0. The van der Waals surface area contributed by atoms with E-state index in [1.165, 1.54) is 22.3 Å². The molecule has 0 amide bonds. The summed E-state index contributed by atoms with van der Waals surface area (Å²) in [6, 6.07) is 74.6. The number of aromatic nitrogens is 5.